The second-order valence-corrected chi connectivity index (χ2v) is 7.75. The summed E-state index contributed by atoms with van der Waals surface area (Å²) in [5.41, 5.74) is 3.54. The van der Waals surface area contributed by atoms with Gasteiger partial charge in [-0.05, 0) is 81.9 Å². The van der Waals surface area contributed by atoms with E-state index >= 15 is 0 Å². The molecule has 0 radical (unpaired) electrons. The topological polar surface area (TPSA) is 84.8 Å². The fourth-order valence-electron chi connectivity index (χ4n) is 3.10. The van der Waals surface area contributed by atoms with Crippen LogP contribution in [0.25, 0.3) is 11.3 Å². The van der Waals surface area contributed by atoms with Gasteiger partial charge in [0.25, 0.3) is 0 Å². The smallest absolute Gasteiger partial charge is 0.241 e. The normalized spacial score (nSPS) is 11.9. The number of nitrogens with one attached hydrogen (secondary N) is 2. The van der Waals surface area contributed by atoms with E-state index in [1.807, 2.05) is 31.0 Å². The first-order valence-electron chi connectivity index (χ1n) is 9.88. The summed E-state index contributed by atoms with van der Waals surface area (Å²) in [7, 11) is 1.90. The Morgan fingerprint density at radius 3 is 2.71 bits per heavy atom. The number of amides is 1. The molecule has 0 bridgehead atoms. The van der Waals surface area contributed by atoms with Gasteiger partial charge in [0.05, 0.1) is 22.3 Å². The molecule has 3 rings (SSSR count). The van der Waals surface area contributed by atoms with E-state index < -0.39 is 0 Å². The number of nitrogens with zero attached hydrogens (tertiary/aromatic N) is 3. The molecular formula is C23H23ClFN5O. The number of halogens is 2. The summed E-state index contributed by atoms with van der Waals surface area (Å²) in [6.45, 7) is 2.55. The molecule has 2 aromatic carbocycles. The third-order valence-corrected chi connectivity index (χ3v) is 5.44. The molecule has 1 aromatic heterocycles. The van der Waals surface area contributed by atoms with Gasteiger partial charge in [0.2, 0.25) is 5.91 Å². The maximum absolute atomic E-state index is 13.1. The van der Waals surface area contributed by atoms with E-state index in [4.69, 9.17) is 16.9 Å². The van der Waals surface area contributed by atoms with Crippen molar-refractivity contribution < 1.29 is 9.18 Å². The Balaban J connectivity index is 1.48. The minimum atomic E-state index is -0.342. The zero-order chi connectivity index (χ0) is 22.4. The molecule has 0 saturated heterocycles. The van der Waals surface area contributed by atoms with Gasteiger partial charge in [-0.3, -0.25) is 14.8 Å². The van der Waals surface area contributed by atoms with Crippen molar-refractivity contribution in [3.8, 4) is 17.3 Å². The number of aromatic nitrogens is 2. The van der Waals surface area contributed by atoms with E-state index in [0.717, 1.165) is 29.8 Å². The van der Waals surface area contributed by atoms with E-state index in [2.05, 4.69) is 15.5 Å². The van der Waals surface area contributed by atoms with Crippen molar-refractivity contribution in [3.05, 3.63) is 70.6 Å². The van der Waals surface area contributed by atoms with E-state index in [1.54, 1.807) is 30.3 Å². The standard InChI is InChI=1S/C23H23ClFN5O/c1-15(23(31)27-19-10-7-17(14-26)21(24)12-19)30(2)11-3-4-20-13-22(29-28-20)16-5-8-18(25)9-6-16/h5-10,12-13,15H,3-4,11H2,1-2H3,(H,27,31)(H,28,29). The molecule has 8 heteroatoms. The summed E-state index contributed by atoms with van der Waals surface area (Å²) in [6, 6.07) is 14.6. The van der Waals surface area contributed by atoms with Crippen molar-refractivity contribution >= 4 is 23.2 Å². The summed E-state index contributed by atoms with van der Waals surface area (Å²) < 4.78 is 13.1. The van der Waals surface area contributed by atoms with Gasteiger partial charge >= 0.3 is 0 Å². The van der Waals surface area contributed by atoms with Crippen LogP contribution in [0.15, 0.2) is 48.5 Å². The average Bonchev–Trinajstić information content (AvgIpc) is 3.22. The first-order chi connectivity index (χ1) is 14.9. The van der Waals surface area contributed by atoms with Crippen LogP contribution in [-0.4, -0.2) is 40.6 Å². The minimum absolute atomic E-state index is 0.150. The monoisotopic (exact) mass is 439 g/mol. The zero-order valence-electron chi connectivity index (χ0n) is 17.3. The van der Waals surface area contributed by atoms with Crippen LogP contribution in [0, 0.1) is 17.1 Å². The van der Waals surface area contributed by atoms with Crippen LogP contribution in [0.3, 0.4) is 0 Å². The van der Waals surface area contributed by atoms with Crippen LogP contribution in [-0.2, 0) is 11.2 Å². The summed E-state index contributed by atoms with van der Waals surface area (Å²) in [5, 5.41) is 19.4. The Kier molecular flexibility index (Phi) is 7.40. The van der Waals surface area contributed by atoms with Gasteiger partial charge in [-0.15, -0.1) is 0 Å². The number of rotatable bonds is 8. The quantitative estimate of drug-likeness (QED) is 0.535. The number of aromatic amines is 1. The predicted molar refractivity (Wildman–Crippen MR) is 119 cm³/mol. The molecule has 3 aromatic rings. The lowest BCUT2D eigenvalue weighted by Crippen LogP contribution is -2.40. The Bertz CT molecular complexity index is 1090. The molecule has 1 unspecified atom stereocenters. The van der Waals surface area contributed by atoms with E-state index in [0.29, 0.717) is 22.8 Å². The third-order valence-electron chi connectivity index (χ3n) is 5.13. The molecule has 31 heavy (non-hydrogen) atoms. The highest BCUT2D eigenvalue weighted by molar-refractivity contribution is 6.32. The van der Waals surface area contributed by atoms with Gasteiger partial charge in [0.1, 0.15) is 11.9 Å². The Labute approximate surface area is 185 Å². The summed E-state index contributed by atoms with van der Waals surface area (Å²) in [6.07, 6.45) is 1.61. The van der Waals surface area contributed by atoms with E-state index in [1.165, 1.54) is 12.1 Å². The average molecular weight is 440 g/mol. The largest absolute Gasteiger partial charge is 0.325 e. The lowest BCUT2D eigenvalue weighted by atomic mass is 10.1. The first-order valence-corrected chi connectivity index (χ1v) is 10.3. The van der Waals surface area contributed by atoms with Gasteiger partial charge in [0, 0.05) is 16.9 Å². The highest BCUT2D eigenvalue weighted by Crippen LogP contribution is 2.21. The van der Waals surface area contributed by atoms with Gasteiger partial charge in [0.15, 0.2) is 0 Å². The van der Waals surface area contributed by atoms with Crippen LogP contribution in [0.5, 0.6) is 0 Å². The van der Waals surface area contributed by atoms with Gasteiger partial charge in [-0.2, -0.15) is 10.4 Å². The summed E-state index contributed by atoms with van der Waals surface area (Å²) >= 11 is 6.02. The van der Waals surface area contributed by atoms with Crippen LogP contribution >= 0.6 is 11.6 Å². The fourth-order valence-corrected chi connectivity index (χ4v) is 3.32. The number of hydrogen-bond acceptors (Lipinski definition) is 4. The number of carbonyl (C=O) groups is 1. The van der Waals surface area contributed by atoms with Crippen LogP contribution in [0.1, 0.15) is 24.6 Å². The molecule has 0 saturated carbocycles. The van der Waals surface area contributed by atoms with Crippen LogP contribution in [0.2, 0.25) is 5.02 Å². The molecule has 0 aliphatic carbocycles. The van der Waals surface area contributed by atoms with Crippen LogP contribution in [0.4, 0.5) is 10.1 Å². The van der Waals surface area contributed by atoms with Crippen molar-refractivity contribution in [1.82, 2.24) is 15.1 Å². The van der Waals surface area contributed by atoms with Crippen molar-refractivity contribution in [1.29, 1.82) is 5.26 Å². The van der Waals surface area contributed by atoms with Gasteiger partial charge in [-0.25, -0.2) is 4.39 Å². The Morgan fingerprint density at radius 1 is 1.29 bits per heavy atom. The third kappa shape index (κ3) is 5.91. The Hall–Kier alpha value is -3.21. The molecular weight excluding hydrogens is 417 g/mol. The maximum Gasteiger partial charge on any atom is 0.241 e. The number of likely N-dealkylation sites (N-methyl/N-ethyl adjacent to an activating group) is 1. The predicted octanol–water partition coefficient (Wildman–Crippen LogP) is 4.63. The van der Waals surface area contributed by atoms with Crippen molar-refractivity contribution in [2.75, 3.05) is 18.9 Å². The number of benzene rings is 2. The van der Waals surface area contributed by atoms with Gasteiger partial charge < -0.3 is 5.32 Å². The number of nitriles is 1. The zero-order valence-corrected chi connectivity index (χ0v) is 18.1. The Morgan fingerprint density at radius 2 is 2.03 bits per heavy atom. The molecule has 160 valence electrons. The van der Waals surface area contributed by atoms with Crippen molar-refractivity contribution in [2.45, 2.75) is 25.8 Å². The highest BCUT2D eigenvalue weighted by atomic mass is 35.5. The van der Waals surface area contributed by atoms with Crippen molar-refractivity contribution in [3.63, 3.8) is 0 Å². The number of hydrogen-bond donors (Lipinski definition) is 2. The van der Waals surface area contributed by atoms with Gasteiger partial charge in [-0.1, -0.05) is 11.6 Å². The minimum Gasteiger partial charge on any atom is -0.325 e. The number of carbonyl (C=O) groups excluding carboxylic acids is 1. The lowest BCUT2D eigenvalue weighted by molar-refractivity contribution is -0.120. The second-order valence-electron chi connectivity index (χ2n) is 7.34. The summed E-state index contributed by atoms with van der Waals surface area (Å²) in [5.74, 6) is -0.425. The lowest BCUT2D eigenvalue weighted by Gasteiger charge is -2.23. The molecule has 6 nitrogen and oxygen atoms in total. The number of aryl methyl sites for hydroxylation is 1. The van der Waals surface area contributed by atoms with Crippen LogP contribution < -0.4 is 5.32 Å². The van der Waals surface area contributed by atoms with E-state index in [9.17, 15) is 9.18 Å². The maximum atomic E-state index is 13.1. The summed E-state index contributed by atoms with van der Waals surface area (Å²) in [4.78, 5) is 14.5. The molecule has 0 spiro atoms. The number of anilines is 1. The fraction of sp³-hybridized carbons (Fsp3) is 0.261. The highest BCUT2D eigenvalue weighted by Gasteiger charge is 2.18. The molecule has 1 amide bonds. The number of H-pyrrole nitrogens is 1. The second kappa shape index (κ2) is 10.2. The SMILES string of the molecule is CC(C(=O)Nc1ccc(C#N)c(Cl)c1)N(C)CCCc1cc(-c2ccc(F)cc2)n[nH]1. The molecule has 2 N–H and O–H groups in total. The molecule has 1 heterocycles. The molecule has 1 atom stereocenters. The first kappa shape index (κ1) is 22.5. The van der Waals surface area contributed by atoms with Crippen molar-refractivity contribution in [2.24, 2.45) is 0 Å². The molecule has 0 aliphatic heterocycles. The van der Waals surface area contributed by atoms with E-state index in [-0.39, 0.29) is 17.8 Å². The molecule has 0 aliphatic rings. The molecule has 0 fully saturated rings.